The fourth-order valence-corrected chi connectivity index (χ4v) is 3.85. The van der Waals surface area contributed by atoms with E-state index in [1.807, 2.05) is 35.7 Å². The van der Waals surface area contributed by atoms with Crippen LogP contribution in [-0.2, 0) is 6.42 Å². The van der Waals surface area contributed by atoms with Crippen LogP contribution < -0.4 is 0 Å². The second kappa shape index (κ2) is 4.97. The second-order valence-corrected chi connectivity index (χ2v) is 6.46. The molecule has 0 bridgehead atoms. The summed E-state index contributed by atoms with van der Waals surface area (Å²) in [4.78, 5) is 5.40. The fraction of sp³-hybridized carbons (Fsp3) is 0.154. The fourth-order valence-electron chi connectivity index (χ4n) is 1.78. The maximum atomic E-state index is 10.1. The molecule has 1 atom stereocenters. The Morgan fingerprint density at radius 3 is 2.89 bits per heavy atom. The van der Waals surface area contributed by atoms with Gasteiger partial charge in [-0.1, -0.05) is 23.7 Å². The molecule has 2 heterocycles. The zero-order chi connectivity index (χ0) is 12.5. The molecule has 0 aliphatic carbocycles. The summed E-state index contributed by atoms with van der Waals surface area (Å²) in [6, 6.07) is 9.82. The number of hydrogen-bond donors (Lipinski definition) is 1. The maximum Gasteiger partial charge on any atom is 0.0968 e. The zero-order valence-corrected chi connectivity index (χ0v) is 11.7. The van der Waals surface area contributed by atoms with E-state index in [2.05, 4.69) is 4.98 Å². The third-order valence-corrected chi connectivity index (χ3v) is 5.06. The molecular formula is C13H10ClNOS2. The third kappa shape index (κ3) is 2.42. The highest BCUT2D eigenvalue weighted by Gasteiger charge is 2.13. The molecule has 0 radical (unpaired) electrons. The molecule has 1 unspecified atom stereocenters. The number of aromatic nitrogens is 1. The SMILES string of the molecule is OC(Cc1nc2ccccc2s1)c1cc(Cl)cs1. The van der Waals surface area contributed by atoms with Crippen LogP contribution in [0.15, 0.2) is 35.7 Å². The number of aliphatic hydroxyl groups excluding tert-OH is 1. The summed E-state index contributed by atoms with van der Waals surface area (Å²) in [5, 5.41) is 13.6. The molecule has 5 heteroatoms. The van der Waals surface area contributed by atoms with Crippen molar-refractivity contribution in [2.24, 2.45) is 0 Å². The van der Waals surface area contributed by atoms with E-state index in [0.717, 1.165) is 20.1 Å². The molecule has 2 aromatic heterocycles. The Labute approximate surface area is 117 Å². The summed E-state index contributed by atoms with van der Waals surface area (Å²) in [5.74, 6) is 0. The Bertz CT molecular complexity index is 643. The van der Waals surface area contributed by atoms with Crippen molar-refractivity contribution in [2.75, 3.05) is 0 Å². The van der Waals surface area contributed by atoms with E-state index in [-0.39, 0.29) is 0 Å². The van der Waals surface area contributed by atoms with Crippen molar-refractivity contribution in [3.8, 4) is 0 Å². The van der Waals surface area contributed by atoms with Crippen LogP contribution in [0.5, 0.6) is 0 Å². The third-order valence-electron chi connectivity index (χ3n) is 2.62. The number of thiazole rings is 1. The summed E-state index contributed by atoms with van der Waals surface area (Å²) < 4.78 is 1.16. The van der Waals surface area contributed by atoms with E-state index in [4.69, 9.17) is 11.6 Å². The highest BCUT2D eigenvalue weighted by atomic mass is 35.5. The number of thiophene rings is 1. The average Bonchev–Trinajstić information content (AvgIpc) is 2.94. The lowest BCUT2D eigenvalue weighted by Gasteiger charge is -2.04. The Morgan fingerprint density at radius 1 is 1.33 bits per heavy atom. The normalized spacial score (nSPS) is 13.0. The van der Waals surface area contributed by atoms with Crippen LogP contribution >= 0.6 is 34.3 Å². The van der Waals surface area contributed by atoms with Crippen LogP contribution in [0.25, 0.3) is 10.2 Å². The lowest BCUT2D eigenvalue weighted by Crippen LogP contribution is -1.98. The van der Waals surface area contributed by atoms with Crippen LogP contribution in [-0.4, -0.2) is 10.1 Å². The summed E-state index contributed by atoms with van der Waals surface area (Å²) >= 11 is 8.96. The minimum atomic E-state index is -0.525. The summed E-state index contributed by atoms with van der Waals surface area (Å²) in [7, 11) is 0. The quantitative estimate of drug-likeness (QED) is 0.782. The number of nitrogens with zero attached hydrogens (tertiary/aromatic N) is 1. The van der Waals surface area contributed by atoms with E-state index < -0.39 is 6.10 Å². The Kier molecular flexibility index (Phi) is 3.35. The van der Waals surface area contributed by atoms with E-state index >= 15 is 0 Å². The predicted molar refractivity (Wildman–Crippen MR) is 77.6 cm³/mol. The monoisotopic (exact) mass is 295 g/mol. The number of benzene rings is 1. The van der Waals surface area contributed by atoms with Gasteiger partial charge in [0.05, 0.1) is 26.4 Å². The van der Waals surface area contributed by atoms with Crippen molar-refractivity contribution >= 4 is 44.5 Å². The number of hydrogen-bond acceptors (Lipinski definition) is 4. The van der Waals surface area contributed by atoms with Gasteiger partial charge in [0.25, 0.3) is 0 Å². The summed E-state index contributed by atoms with van der Waals surface area (Å²) in [6.07, 6.45) is 0.0129. The van der Waals surface area contributed by atoms with E-state index in [0.29, 0.717) is 11.4 Å². The lowest BCUT2D eigenvalue weighted by atomic mass is 10.2. The topological polar surface area (TPSA) is 33.1 Å². The van der Waals surface area contributed by atoms with Crippen LogP contribution in [0, 0.1) is 0 Å². The summed E-state index contributed by atoms with van der Waals surface area (Å²) in [6.45, 7) is 0. The molecule has 0 aliphatic heterocycles. The molecule has 18 heavy (non-hydrogen) atoms. The minimum Gasteiger partial charge on any atom is -0.387 e. The van der Waals surface area contributed by atoms with Crippen molar-refractivity contribution in [3.05, 3.63) is 50.6 Å². The molecule has 0 saturated heterocycles. The number of para-hydroxylation sites is 1. The van der Waals surface area contributed by atoms with Gasteiger partial charge in [0.15, 0.2) is 0 Å². The van der Waals surface area contributed by atoms with Gasteiger partial charge in [-0.15, -0.1) is 22.7 Å². The predicted octanol–water partition coefficient (Wildman–Crippen LogP) is 4.29. The van der Waals surface area contributed by atoms with Gasteiger partial charge >= 0.3 is 0 Å². The largest absolute Gasteiger partial charge is 0.387 e. The molecule has 3 rings (SSSR count). The Morgan fingerprint density at radius 2 is 2.17 bits per heavy atom. The van der Waals surface area contributed by atoms with Gasteiger partial charge in [0.1, 0.15) is 0 Å². The zero-order valence-electron chi connectivity index (χ0n) is 9.34. The Balaban J connectivity index is 1.83. The molecule has 0 amide bonds. The number of fused-ring (bicyclic) bond motifs is 1. The van der Waals surface area contributed by atoms with Gasteiger partial charge in [0.2, 0.25) is 0 Å². The molecule has 1 aromatic carbocycles. The van der Waals surface area contributed by atoms with Crippen LogP contribution in [0.4, 0.5) is 0 Å². The van der Waals surface area contributed by atoms with Crippen molar-refractivity contribution in [3.63, 3.8) is 0 Å². The molecular weight excluding hydrogens is 286 g/mol. The van der Waals surface area contributed by atoms with E-state index in [1.54, 1.807) is 11.3 Å². The first-order valence-electron chi connectivity index (χ1n) is 5.49. The molecule has 92 valence electrons. The molecule has 2 nitrogen and oxygen atoms in total. The van der Waals surface area contributed by atoms with Crippen molar-refractivity contribution < 1.29 is 5.11 Å². The number of aliphatic hydroxyl groups is 1. The maximum absolute atomic E-state index is 10.1. The average molecular weight is 296 g/mol. The van der Waals surface area contributed by atoms with Crippen LogP contribution in [0.1, 0.15) is 16.0 Å². The van der Waals surface area contributed by atoms with E-state index in [1.165, 1.54) is 11.3 Å². The first-order chi connectivity index (χ1) is 8.72. The molecule has 0 spiro atoms. The second-order valence-electron chi connectivity index (χ2n) is 3.96. The highest BCUT2D eigenvalue weighted by molar-refractivity contribution is 7.18. The van der Waals surface area contributed by atoms with Crippen LogP contribution in [0.2, 0.25) is 5.02 Å². The first-order valence-corrected chi connectivity index (χ1v) is 7.56. The van der Waals surface area contributed by atoms with Crippen molar-refractivity contribution in [1.29, 1.82) is 0 Å². The van der Waals surface area contributed by atoms with E-state index in [9.17, 15) is 5.11 Å². The van der Waals surface area contributed by atoms with Gasteiger partial charge in [-0.05, 0) is 18.2 Å². The van der Waals surface area contributed by atoms with Gasteiger partial charge in [-0.25, -0.2) is 4.98 Å². The molecule has 1 N–H and O–H groups in total. The van der Waals surface area contributed by atoms with Gasteiger partial charge in [0, 0.05) is 16.7 Å². The molecule has 3 aromatic rings. The Hall–Kier alpha value is -0.940. The highest BCUT2D eigenvalue weighted by Crippen LogP contribution is 2.30. The van der Waals surface area contributed by atoms with Crippen molar-refractivity contribution in [1.82, 2.24) is 4.98 Å². The molecule has 0 fully saturated rings. The van der Waals surface area contributed by atoms with Gasteiger partial charge in [-0.3, -0.25) is 0 Å². The molecule has 0 aliphatic rings. The number of rotatable bonds is 3. The first kappa shape index (κ1) is 12.1. The number of halogens is 1. The minimum absolute atomic E-state index is 0.525. The molecule has 0 saturated carbocycles. The van der Waals surface area contributed by atoms with Gasteiger partial charge in [-0.2, -0.15) is 0 Å². The lowest BCUT2D eigenvalue weighted by molar-refractivity contribution is 0.182. The summed E-state index contributed by atoms with van der Waals surface area (Å²) in [5.41, 5.74) is 0.994. The van der Waals surface area contributed by atoms with Crippen LogP contribution in [0.3, 0.4) is 0 Å². The van der Waals surface area contributed by atoms with Crippen molar-refractivity contribution in [2.45, 2.75) is 12.5 Å². The van der Waals surface area contributed by atoms with Gasteiger partial charge < -0.3 is 5.11 Å². The standard InChI is InChI=1S/C13H10ClNOS2/c14-8-5-12(17-7-8)10(16)6-13-15-9-3-1-2-4-11(9)18-13/h1-5,7,10,16H,6H2. The smallest absolute Gasteiger partial charge is 0.0968 e.